The molecule has 2 fully saturated rings. The van der Waals surface area contributed by atoms with Crippen molar-refractivity contribution in [1.82, 2.24) is 44.1 Å². The number of hydrogen-bond donors (Lipinski definition) is 13. The van der Waals surface area contributed by atoms with Gasteiger partial charge in [-0.15, -0.1) is 0 Å². The number of rotatable bonds is 24. The lowest BCUT2D eigenvalue weighted by atomic mass is 10.0. The van der Waals surface area contributed by atoms with Gasteiger partial charge in [-0.25, -0.2) is 4.79 Å². The lowest BCUT2D eigenvalue weighted by molar-refractivity contribution is -0.140. The summed E-state index contributed by atoms with van der Waals surface area (Å²) in [5.41, 5.74) is 0. The quantitative estimate of drug-likeness (QED) is 0.0427. The van der Waals surface area contributed by atoms with E-state index >= 15 is 0 Å². The molecule has 0 radical (unpaired) electrons. The molecule has 2 saturated heterocycles. The van der Waals surface area contributed by atoms with Gasteiger partial charge in [0, 0.05) is 137 Å². The van der Waals surface area contributed by atoms with Gasteiger partial charge in [0.25, 0.3) is 0 Å². The van der Waals surface area contributed by atoms with Crippen LogP contribution in [-0.2, 0) is 24.0 Å². The number of hydrogen-bond acceptors (Lipinski definition) is 21. The lowest BCUT2D eigenvalue weighted by Gasteiger charge is -2.36. The Morgan fingerprint density at radius 2 is 0.627 bits per heavy atom. The van der Waals surface area contributed by atoms with Gasteiger partial charge in [0.2, 0.25) is 0 Å². The number of β-amino-alcohol motifs (C(OH)–C–C–N with tert-alkyl or cyclic N) is 2. The van der Waals surface area contributed by atoms with Crippen molar-refractivity contribution >= 4 is 35.9 Å². The molecule has 0 bridgehead atoms. The fourth-order valence-corrected chi connectivity index (χ4v) is 7.89. The average molecular weight is 972 g/mol. The second kappa shape index (κ2) is 31.2. The summed E-state index contributed by atoms with van der Waals surface area (Å²) in [5, 5.41) is 132. The van der Waals surface area contributed by atoms with Crippen LogP contribution in [0.1, 0.15) is 0 Å². The van der Waals surface area contributed by atoms with E-state index in [1.54, 1.807) is 29.4 Å². The third kappa shape index (κ3) is 25.3. The summed E-state index contributed by atoms with van der Waals surface area (Å²) in [7, 11) is 0. The predicted molar refractivity (Wildman–Crippen MR) is 232 cm³/mol. The molecule has 0 aromatic heterocycles. The molecule has 2 aliphatic rings. The van der Waals surface area contributed by atoms with E-state index in [1.807, 2.05) is 0 Å². The first kappa shape index (κ1) is 59.1. The normalized spacial score (nSPS) is 21.4. The van der Waals surface area contributed by atoms with Crippen LogP contribution in [0.4, 0.5) is 4.79 Å². The Hall–Kier alpha value is -3.98. The van der Waals surface area contributed by atoms with Crippen molar-refractivity contribution in [3.05, 3.63) is 0 Å². The van der Waals surface area contributed by atoms with Crippen LogP contribution in [0, 0.1) is 0 Å². The van der Waals surface area contributed by atoms with Crippen LogP contribution in [0.15, 0.2) is 0 Å². The lowest BCUT2D eigenvalue weighted by Crippen LogP contribution is -2.54. The van der Waals surface area contributed by atoms with Crippen LogP contribution in [0.2, 0.25) is 0 Å². The highest BCUT2D eigenvalue weighted by Crippen LogP contribution is 2.11. The van der Waals surface area contributed by atoms with E-state index < -0.39 is 98.8 Å². The Bertz CT molecular complexity index is 1490. The molecule has 67 heavy (non-hydrogen) atoms. The summed E-state index contributed by atoms with van der Waals surface area (Å²) in [6.45, 7) is -2.49. The van der Waals surface area contributed by atoms with Gasteiger partial charge in [0.1, 0.15) is 18.3 Å². The summed E-state index contributed by atoms with van der Waals surface area (Å²) in [6.07, 6.45) is -11.5. The maximum absolute atomic E-state index is 12.2. The standard InChI is InChI=1S/C39H73N9O19/c49-27-31(53)38(65)37(64)30(52)21-47(20-29(51)18-41-3-6-44(24-34(58)59)11-12-46(26-36(62)63)14-16-48(15-13-41)39(66)67)19-28(50)17-40-1-4-42(22-32(54)55)7-9-45(25-35(60)61)10-8-43(5-2-40)23-33(56)57/h28-31,37-38,49-53,64-65H,1-27H2,(H,54,55)(H,56,57)(H,58,59)(H,60,61)(H,62,63)(H,66,67). The first-order chi connectivity index (χ1) is 31.5. The first-order valence-corrected chi connectivity index (χ1v) is 22.1. The van der Waals surface area contributed by atoms with Crippen molar-refractivity contribution in [3.8, 4) is 0 Å². The maximum Gasteiger partial charge on any atom is 0.407 e. The highest BCUT2D eigenvalue weighted by atomic mass is 16.4. The van der Waals surface area contributed by atoms with Gasteiger partial charge in [0.05, 0.1) is 57.6 Å². The largest absolute Gasteiger partial charge is 0.480 e. The van der Waals surface area contributed by atoms with Crippen LogP contribution in [-0.4, -0.2) is 360 Å². The average Bonchev–Trinajstić information content (AvgIpc) is 3.22. The Balaban J connectivity index is 2.37. The highest BCUT2D eigenvalue weighted by molar-refractivity contribution is 5.70. The van der Waals surface area contributed by atoms with E-state index in [0.29, 0.717) is 0 Å². The molecule has 388 valence electrons. The summed E-state index contributed by atoms with van der Waals surface area (Å²) in [4.78, 5) is 84.2. The summed E-state index contributed by atoms with van der Waals surface area (Å²) in [5.74, 6) is -5.64. The maximum atomic E-state index is 12.2. The van der Waals surface area contributed by atoms with Gasteiger partial charge in [0.15, 0.2) is 0 Å². The smallest absolute Gasteiger partial charge is 0.407 e. The van der Waals surface area contributed by atoms with Crippen molar-refractivity contribution in [2.75, 3.05) is 177 Å². The molecule has 2 rings (SSSR count). The van der Waals surface area contributed by atoms with E-state index in [-0.39, 0.29) is 151 Å². The van der Waals surface area contributed by atoms with Gasteiger partial charge in [-0.1, -0.05) is 0 Å². The number of aliphatic carboxylic acids is 5. The fraction of sp³-hybridized carbons (Fsp3) is 0.846. The van der Waals surface area contributed by atoms with Crippen LogP contribution in [0.3, 0.4) is 0 Å². The van der Waals surface area contributed by atoms with Crippen molar-refractivity contribution in [2.45, 2.75) is 36.6 Å². The molecule has 6 atom stereocenters. The number of aliphatic hydroxyl groups is 7. The number of carbonyl (C=O) groups is 6. The molecular weight excluding hydrogens is 898 g/mol. The molecule has 28 nitrogen and oxygen atoms in total. The molecule has 28 heteroatoms. The zero-order valence-electron chi connectivity index (χ0n) is 37.8. The summed E-state index contributed by atoms with van der Waals surface area (Å²) in [6, 6.07) is 0. The SMILES string of the molecule is O=C(O)CN1CCN(CC(=O)O)CCN(CC(O)CN(CC(O)CN2CCN(CC(=O)O)CCN(CC(=O)O)CCN(C(=O)O)CC2)CC(O)C(O)C(O)C(O)CO)CCN(CC(=O)O)CC1. The fourth-order valence-electron chi connectivity index (χ4n) is 7.89. The van der Waals surface area contributed by atoms with E-state index in [0.717, 1.165) is 4.90 Å². The Kier molecular flexibility index (Phi) is 27.5. The van der Waals surface area contributed by atoms with Crippen molar-refractivity contribution in [2.24, 2.45) is 0 Å². The third-order valence-electron chi connectivity index (χ3n) is 11.5. The summed E-state index contributed by atoms with van der Waals surface area (Å²) < 4.78 is 0. The van der Waals surface area contributed by atoms with E-state index in [9.17, 15) is 95.2 Å². The van der Waals surface area contributed by atoms with Gasteiger partial charge in [-0.2, -0.15) is 0 Å². The first-order valence-electron chi connectivity index (χ1n) is 22.1. The molecule has 13 N–H and O–H groups in total. The second-order valence-corrected chi connectivity index (χ2v) is 17.0. The minimum Gasteiger partial charge on any atom is -0.480 e. The Morgan fingerprint density at radius 1 is 0.373 bits per heavy atom. The number of amides is 1. The van der Waals surface area contributed by atoms with E-state index in [4.69, 9.17) is 0 Å². The zero-order chi connectivity index (χ0) is 50.2. The van der Waals surface area contributed by atoms with Crippen LogP contribution in [0.25, 0.3) is 0 Å². The minimum absolute atomic E-state index is 0.0444. The highest BCUT2D eigenvalue weighted by Gasteiger charge is 2.33. The number of carboxylic acid groups (broad SMARTS) is 6. The molecule has 0 saturated carbocycles. The number of nitrogens with zero attached hydrogens (tertiary/aromatic N) is 9. The van der Waals surface area contributed by atoms with Crippen molar-refractivity contribution < 1.29 is 95.2 Å². The van der Waals surface area contributed by atoms with Crippen LogP contribution >= 0.6 is 0 Å². The predicted octanol–water partition coefficient (Wildman–Crippen LogP) is -8.01. The van der Waals surface area contributed by atoms with Gasteiger partial charge in [-0.05, 0) is 0 Å². The molecule has 0 aromatic rings. The molecule has 0 aliphatic carbocycles. The molecule has 6 unspecified atom stereocenters. The van der Waals surface area contributed by atoms with Crippen LogP contribution in [0.5, 0.6) is 0 Å². The van der Waals surface area contributed by atoms with Crippen molar-refractivity contribution in [3.63, 3.8) is 0 Å². The van der Waals surface area contributed by atoms with Gasteiger partial charge < -0.3 is 71.3 Å². The number of carboxylic acids is 5. The van der Waals surface area contributed by atoms with Crippen molar-refractivity contribution in [1.29, 1.82) is 0 Å². The van der Waals surface area contributed by atoms with Gasteiger partial charge >= 0.3 is 35.9 Å². The molecule has 2 heterocycles. The molecule has 1 amide bonds. The molecule has 0 aromatic carbocycles. The van der Waals surface area contributed by atoms with Crippen LogP contribution < -0.4 is 0 Å². The zero-order valence-corrected chi connectivity index (χ0v) is 37.8. The monoisotopic (exact) mass is 972 g/mol. The second-order valence-electron chi connectivity index (χ2n) is 17.0. The van der Waals surface area contributed by atoms with Gasteiger partial charge in [-0.3, -0.25) is 63.2 Å². The Morgan fingerprint density at radius 3 is 0.896 bits per heavy atom. The minimum atomic E-state index is -2.01. The summed E-state index contributed by atoms with van der Waals surface area (Å²) >= 11 is 0. The molecule has 0 spiro atoms. The topological polar surface area (TPSA) is 395 Å². The molecular formula is C39H73N9O19. The van der Waals surface area contributed by atoms with E-state index in [2.05, 4.69) is 0 Å². The Labute approximate surface area is 388 Å². The molecule has 2 aliphatic heterocycles. The number of aliphatic hydroxyl groups excluding tert-OH is 7. The third-order valence-corrected chi connectivity index (χ3v) is 11.5. The van der Waals surface area contributed by atoms with E-state index in [1.165, 1.54) is 9.80 Å².